The molecule has 20 heavy (non-hydrogen) atoms. The lowest BCUT2D eigenvalue weighted by atomic mass is 10.2. The number of benzene rings is 1. The first-order valence-corrected chi connectivity index (χ1v) is 9.70. The largest absolute Gasteiger partial charge is 0.298 e. The van der Waals surface area contributed by atoms with Gasteiger partial charge in [-0.05, 0) is 53.5 Å². The first kappa shape index (κ1) is 15.0. The average Bonchev–Trinajstić information content (AvgIpc) is 2.85. The van der Waals surface area contributed by atoms with Crippen LogP contribution in [-0.2, 0) is 10.0 Å². The predicted octanol–water partition coefficient (Wildman–Crippen LogP) is 2.68. The Kier molecular flexibility index (Phi) is 4.25. The van der Waals surface area contributed by atoms with Gasteiger partial charge >= 0.3 is 0 Å². The van der Waals surface area contributed by atoms with Gasteiger partial charge in [0.1, 0.15) is 0 Å². The van der Waals surface area contributed by atoms with Crippen LogP contribution in [0.25, 0.3) is 0 Å². The molecule has 2 aliphatic rings. The highest BCUT2D eigenvalue weighted by Gasteiger charge is 2.36. The topological polar surface area (TPSA) is 40.6 Å². The van der Waals surface area contributed by atoms with Crippen molar-refractivity contribution in [2.45, 2.75) is 23.8 Å². The van der Waals surface area contributed by atoms with Crippen molar-refractivity contribution in [3.63, 3.8) is 0 Å². The number of halogens is 2. The van der Waals surface area contributed by atoms with Gasteiger partial charge in [0, 0.05) is 34.6 Å². The van der Waals surface area contributed by atoms with Crippen LogP contribution in [0.2, 0.25) is 0 Å². The average molecular weight is 424 g/mol. The van der Waals surface area contributed by atoms with Crippen LogP contribution >= 0.6 is 31.9 Å². The van der Waals surface area contributed by atoms with E-state index >= 15 is 0 Å². The van der Waals surface area contributed by atoms with E-state index in [0.29, 0.717) is 28.5 Å². The van der Waals surface area contributed by atoms with Gasteiger partial charge in [0.25, 0.3) is 0 Å². The quantitative estimate of drug-likeness (QED) is 0.734. The van der Waals surface area contributed by atoms with Crippen LogP contribution in [0.3, 0.4) is 0 Å². The summed E-state index contributed by atoms with van der Waals surface area (Å²) in [5.41, 5.74) is 0. The van der Waals surface area contributed by atoms with Crippen LogP contribution in [0.1, 0.15) is 12.8 Å². The van der Waals surface area contributed by atoms with E-state index in [4.69, 9.17) is 0 Å². The van der Waals surface area contributed by atoms with Crippen LogP contribution in [0, 0.1) is 0 Å². The van der Waals surface area contributed by atoms with Crippen molar-refractivity contribution < 1.29 is 8.42 Å². The summed E-state index contributed by atoms with van der Waals surface area (Å²) >= 11 is 6.71. The first-order valence-electron chi connectivity index (χ1n) is 6.68. The van der Waals surface area contributed by atoms with Crippen molar-refractivity contribution >= 4 is 41.9 Å². The minimum Gasteiger partial charge on any atom is -0.298 e. The van der Waals surface area contributed by atoms with Gasteiger partial charge in [0.15, 0.2) is 0 Å². The molecular formula is C13H16Br2N2O2S. The molecule has 110 valence electrons. The first-order chi connectivity index (χ1) is 9.48. The van der Waals surface area contributed by atoms with Crippen LogP contribution < -0.4 is 0 Å². The van der Waals surface area contributed by atoms with Gasteiger partial charge in [-0.15, -0.1) is 0 Å². The van der Waals surface area contributed by atoms with E-state index in [1.54, 1.807) is 22.5 Å². The van der Waals surface area contributed by atoms with E-state index in [-0.39, 0.29) is 0 Å². The molecule has 2 saturated heterocycles. The van der Waals surface area contributed by atoms with Crippen molar-refractivity contribution in [3.8, 4) is 0 Å². The van der Waals surface area contributed by atoms with Crippen molar-refractivity contribution in [2.75, 3.05) is 26.2 Å². The van der Waals surface area contributed by atoms with E-state index in [1.165, 1.54) is 6.42 Å². The van der Waals surface area contributed by atoms with Gasteiger partial charge in [-0.1, -0.05) is 15.9 Å². The second-order valence-electron chi connectivity index (χ2n) is 5.27. The molecule has 1 unspecified atom stereocenters. The number of hydrogen-bond donors (Lipinski definition) is 0. The lowest BCUT2D eigenvalue weighted by Crippen LogP contribution is -2.51. The molecule has 3 rings (SSSR count). The van der Waals surface area contributed by atoms with E-state index in [0.717, 1.165) is 24.0 Å². The summed E-state index contributed by atoms with van der Waals surface area (Å²) in [7, 11) is -3.41. The van der Waals surface area contributed by atoms with Crippen molar-refractivity contribution in [3.05, 3.63) is 27.1 Å². The maximum atomic E-state index is 12.8. The van der Waals surface area contributed by atoms with Crippen LogP contribution in [-0.4, -0.2) is 49.8 Å². The fraction of sp³-hybridized carbons (Fsp3) is 0.538. The summed E-state index contributed by atoms with van der Waals surface area (Å²) in [6, 6.07) is 5.60. The number of hydrogen-bond acceptors (Lipinski definition) is 3. The predicted molar refractivity (Wildman–Crippen MR) is 85.2 cm³/mol. The molecule has 0 saturated carbocycles. The normalized spacial score (nSPS) is 24.8. The molecule has 7 heteroatoms. The number of fused-ring (bicyclic) bond motifs is 1. The van der Waals surface area contributed by atoms with Crippen molar-refractivity contribution in [1.29, 1.82) is 0 Å². The molecule has 0 spiro atoms. The molecule has 1 aromatic rings. The minimum atomic E-state index is -3.41. The maximum Gasteiger partial charge on any atom is 0.244 e. The zero-order valence-electron chi connectivity index (χ0n) is 10.9. The van der Waals surface area contributed by atoms with Crippen LogP contribution in [0.15, 0.2) is 32.0 Å². The second-order valence-corrected chi connectivity index (χ2v) is 8.95. The van der Waals surface area contributed by atoms with E-state index in [9.17, 15) is 8.42 Å². The Morgan fingerprint density at radius 1 is 1.15 bits per heavy atom. The van der Waals surface area contributed by atoms with Gasteiger partial charge in [0.2, 0.25) is 10.0 Å². The summed E-state index contributed by atoms with van der Waals surface area (Å²) in [6.45, 7) is 3.16. The Bertz CT molecular complexity index is 621. The molecule has 0 bridgehead atoms. The van der Waals surface area contributed by atoms with E-state index in [1.807, 2.05) is 0 Å². The number of nitrogens with zero attached hydrogens (tertiary/aromatic N) is 2. The Hall–Kier alpha value is 0.0500. The summed E-state index contributed by atoms with van der Waals surface area (Å²) < 4.78 is 28.6. The highest BCUT2D eigenvalue weighted by atomic mass is 79.9. The third-order valence-electron chi connectivity index (χ3n) is 4.06. The monoisotopic (exact) mass is 422 g/mol. The van der Waals surface area contributed by atoms with Crippen LogP contribution in [0.5, 0.6) is 0 Å². The number of sulfonamides is 1. The van der Waals surface area contributed by atoms with Gasteiger partial charge in [-0.2, -0.15) is 4.31 Å². The Labute approximate surface area is 136 Å². The summed E-state index contributed by atoms with van der Waals surface area (Å²) in [4.78, 5) is 2.76. The SMILES string of the molecule is O=S(=O)(c1ccc(Br)cc1Br)N1CCN2CCCC2C1. The highest BCUT2D eigenvalue weighted by molar-refractivity contribution is 9.11. The molecule has 0 aliphatic carbocycles. The van der Waals surface area contributed by atoms with E-state index in [2.05, 4.69) is 36.8 Å². The summed E-state index contributed by atoms with van der Waals surface area (Å²) in [5.74, 6) is 0. The van der Waals surface area contributed by atoms with Crippen molar-refractivity contribution in [2.24, 2.45) is 0 Å². The number of rotatable bonds is 2. The van der Waals surface area contributed by atoms with Gasteiger partial charge < -0.3 is 0 Å². The Balaban J connectivity index is 1.88. The molecular weight excluding hydrogens is 408 g/mol. The Morgan fingerprint density at radius 2 is 1.95 bits per heavy atom. The molecule has 1 aromatic carbocycles. The lowest BCUT2D eigenvalue weighted by Gasteiger charge is -2.36. The molecule has 1 atom stereocenters. The smallest absolute Gasteiger partial charge is 0.244 e. The highest BCUT2D eigenvalue weighted by Crippen LogP contribution is 2.30. The maximum absolute atomic E-state index is 12.8. The second kappa shape index (κ2) is 5.68. The fourth-order valence-corrected chi connectivity index (χ4v) is 6.18. The minimum absolute atomic E-state index is 0.354. The summed E-state index contributed by atoms with van der Waals surface area (Å²) in [6.07, 6.45) is 2.29. The molecule has 0 radical (unpaired) electrons. The summed E-state index contributed by atoms with van der Waals surface area (Å²) in [5, 5.41) is 0. The Morgan fingerprint density at radius 3 is 2.70 bits per heavy atom. The lowest BCUT2D eigenvalue weighted by molar-refractivity contribution is 0.158. The van der Waals surface area contributed by atoms with Gasteiger partial charge in [0.05, 0.1) is 4.90 Å². The molecule has 2 aliphatic heterocycles. The standard InChI is InChI=1S/C13H16Br2N2O2S/c14-10-3-4-13(12(15)8-10)20(18,19)17-7-6-16-5-1-2-11(16)9-17/h3-4,8,11H,1-2,5-7,9H2. The van der Waals surface area contributed by atoms with Crippen molar-refractivity contribution in [1.82, 2.24) is 9.21 Å². The molecule has 0 amide bonds. The molecule has 0 N–H and O–H groups in total. The van der Waals surface area contributed by atoms with Crippen LogP contribution in [0.4, 0.5) is 0 Å². The molecule has 2 heterocycles. The molecule has 0 aromatic heterocycles. The fourth-order valence-electron chi connectivity index (χ4n) is 3.00. The molecule has 2 fully saturated rings. The zero-order valence-corrected chi connectivity index (χ0v) is 14.9. The van der Waals surface area contributed by atoms with E-state index < -0.39 is 10.0 Å². The third kappa shape index (κ3) is 2.70. The van der Waals surface area contributed by atoms with Gasteiger partial charge in [-0.3, -0.25) is 4.90 Å². The molecule has 4 nitrogen and oxygen atoms in total. The number of piperazine rings is 1. The van der Waals surface area contributed by atoms with Gasteiger partial charge in [-0.25, -0.2) is 8.42 Å². The third-order valence-corrected chi connectivity index (χ3v) is 7.40. The zero-order chi connectivity index (χ0) is 14.3.